The highest BCUT2D eigenvalue weighted by atomic mass is 32.2. The van der Waals surface area contributed by atoms with Crippen molar-refractivity contribution in [2.24, 2.45) is 0 Å². The van der Waals surface area contributed by atoms with Gasteiger partial charge in [-0.1, -0.05) is 37.4 Å². The van der Waals surface area contributed by atoms with Gasteiger partial charge in [0, 0.05) is 24.5 Å². The lowest BCUT2D eigenvalue weighted by molar-refractivity contribution is -0.138. The standard InChI is InChI=1S/C26H25NO5S/c1-4-26(28)32-19-21-8-14-24(15-9-21)33(29,30)25-16-12-23(13-17-25)27(3)22-10-6-20(7-11-22)18-31-5-2/h4-17H,1-2,18-19H2,3H3. The molecule has 6 nitrogen and oxygen atoms in total. The molecule has 0 atom stereocenters. The van der Waals surface area contributed by atoms with E-state index in [2.05, 4.69) is 13.2 Å². The normalized spacial score (nSPS) is 10.8. The number of benzene rings is 3. The first-order valence-electron chi connectivity index (χ1n) is 10.1. The highest BCUT2D eigenvalue weighted by molar-refractivity contribution is 7.91. The molecule has 0 unspecified atom stereocenters. The Morgan fingerprint density at radius 2 is 1.27 bits per heavy atom. The third-order valence-corrected chi connectivity index (χ3v) is 6.79. The Hall–Kier alpha value is -3.84. The van der Waals surface area contributed by atoms with Crippen molar-refractivity contribution in [3.05, 3.63) is 109 Å². The maximum atomic E-state index is 13.0. The predicted octanol–water partition coefficient (Wildman–Crippen LogP) is 5.18. The molecule has 0 fully saturated rings. The van der Waals surface area contributed by atoms with Crippen LogP contribution in [-0.2, 0) is 37.3 Å². The van der Waals surface area contributed by atoms with Crippen LogP contribution in [0.2, 0.25) is 0 Å². The number of esters is 1. The average molecular weight is 464 g/mol. The van der Waals surface area contributed by atoms with Gasteiger partial charge >= 0.3 is 5.97 Å². The van der Waals surface area contributed by atoms with Crippen molar-refractivity contribution in [2.75, 3.05) is 11.9 Å². The number of anilines is 2. The Kier molecular flexibility index (Phi) is 7.69. The van der Waals surface area contributed by atoms with Gasteiger partial charge in [0.1, 0.15) is 13.2 Å². The fraction of sp³-hybridized carbons (Fsp3) is 0.115. The monoisotopic (exact) mass is 463 g/mol. The molecule has 0 radical (unpaired) electrons. The van der Waals surface area contributed by atoms with Crippen LogP contribution in [-0.4, -0.2) is 21.4 Å². The fourth-order valence-electron chi connectivity index (χ4n) is 3.08. The lowest BCUT2D eigenvalue weighted by Gasteiger charge is -2.20. The summed E-state index contributed by atoms with van der Waals surface area (Å²) < 4.78 is 36.2. The topological polar surface area (TPSA) is 72.9 Å². The molecule has 170 valence electrons. The van der Waals surface area contributed by atoms with E-state index in [9.17, 15) is 13.2 Å². The van der Waals surface area contributed by atoms with E-state index in [4.69, 9.17) is 9.47 Å². The van der Waals surface area contributed by atoms with E-state index in [-0.39, 0.29) is 16.4 Å². The summed E-state index contributed by atoms with van der Waals surface area (Å²) in [4.78, 5) is 13.5. The van der Waals surface area contributed by atoms with Gasteiger partial charge in [-0.2, -0.15) is 0 Å². The predicted molar refractivity (Wildman–Crippen MR) is 128 cm³/mol. The minimum absolute atomic E-state index is 0.0501. The Balaban J connectivity index is 1.72. The summed E-state index contributed by atoms with van der Waals surface area (Å²) in [7, 11) is -1.76. The molecule has 33 heavy (non-hydrogen) atoms. The Labute approximate surface area is 194 Å². The molecule has 0 heterocycles. The number of rotatable bonds is 10. The molecule has 0 aliphatic heterocycles. The number of sulfone groups is 1. The summed E-state index contributed by atoms with van der Waals surface area (Å²) in [5.74, 6) is -0.533. The molecule has 0 aliphatic rings. The van der Waals surface area contributed by atoms with Crippen molar-refractivity contribution < 1.29 is 22.7 Å². The maximum Gasteiger partial charge on any atom is 0.330 e. The first-order chi connectivity index (χ1) is 15.8. The van der Waals surface area contributed by atoms with E-state index >= 15 is 0 Å². The molecule has 0 spiro atoms. The van der Waals surface area contributed by atoms with Gasteiger partial charge in [0.2, 0.25) is 9.84 Å². The molecule has 0 saturated carbocycles. The van der Waals surface area contributed by atoms with Crippen molar-refractivity contribution in [3.8, 4) is 0 Å². The average Bonchev–Trinajstić information content (AvgIpc) is 2.86. The van der Waals surface area contributed by atoms with E-state index in [1.54, 1.807) is 36.4 Å². The van der Waals surface area contributed by atoms with E-state index in [0.29, 0.717) is 12.2 Å². The molecule has 0 N–H and O–H groups in total. The van der Waals surface area contributed by atoms with Crippen LogP contribution in [0.25, 0.3) is 0 Å². The molecule has 0 aromatic heterocycles. The summed E-state index contributed by atoms with van der Waals surface area (Å²) >= 11 is 0. The van der Waals surface area contributed by atoms with Gasteiger partial charge < -0.3 is 14.4 Å². The van der Waals surface area contributed by atoms with E-state index in [1.165, 1.54) is 18.4 Å². The van der Waals surface area contributed by atoms with Crippen LogP contribution in [0.4, 0.5) is 11.4 Å². The second-order valence-electron chi connectivity index (χ2n) is 7.16. The van der Waals surface area contributed by atoms with E-state index in [0.717, 1.165) is 23.0 Å². The molecule has 0 saturated heterocycles. The van der Waals surface area contributed by atoms with Crippen molar-refractivity contribution >= 4 is 27.2 Å². The lowest BCUT2D eigenvalue weighted by Crippen LogP contribution is -2.10. The summed E-state index contributed by atoms with van der Waals surface area (Å²) in [5.41, 5.74) is 3.52. The summed E-state index contributed by atoms with van der Waals surface area (Å²) in [6.07, 6.45) is 2.49. The molecule has 0 bridgehead atoms. The number of carbonyl (C=O) groups excluding carboxylic acids is 1. The SMILES string of the molecule is C=COCc1ccc(N(C)c2ccc(S(=O)(=O)c3ccc(COC(=O)C=C)cc3)cc2)cc1. The minimum Gasteiger partial charge on any atom is -0.497 e. The van der Waals surface area contributed by atoms with Gasteiger partial charge in [-0.15, -0.1) is 0 Å². The molecule has 0 aliphatic carbocycles. The van der Waals surface area contributed by atoms with Gasteiger partial charge in [-0.3, -0.25) is 0 Å². The third kappa shape index (κ3) is 5.90. The largest absolute Gasteiger partial charge is 0.497 e. The molecular formula is C26H25NO5S. The van der Waals surface area contributed by atoms with Crippen LogP contribution in [0.5, 0.6) is 0 Å². The third-order valence-electron chi connectivity index (χ3n) is 5.01. The first-order valence-corrected chi connectivity index (χ1v) is 11.6. The zero-order chi connectivity index (χ0) is 23.8. The maximum absolute atomic E-state index is 13.0. The molecule has 3 rings (SSSR count). The zero-order valence-corrected chi connectivity index (χ0v) is 19.1. The van der Waals surface area contributed by atoms with Crippen molar-refractivity contribution in [1.82, 2.24) is 0 Å². The number of carbonyl (C=O) groups is 1. The fourth-order valence-corrected chi connectivity index (χ4v) is 4.34. The number of ether oxygens (including phenoxy) is 2. The molecule has 7 heteroatoms. The molecule has 0 amide bonds. The molecular weight excluding hydrogens is 438 g/mol. The van der Waals surface area contributed by atoms with Crippen molar-refractivity contribution in [2.45, 2.75) is 23.0 Å². The van der Waals surface area contributed by atoms with Gasteiger partial charge in [0.15, 0.2) is 0 Å². The van der Waals surface area contributed by atoms with Crippen LogP contribution in [0.1, 0.15) is 11.1 Å². The minimum atomic E-state index is -3.68. The van der Waals surface area contributed by atoms with Crippen LogP contribution < -0.4 is 4.90 Å². The highest BCUT2D eigenvalue weighted by Crippen LogP contribution is 2.27. The van der Waals surface area contributed by atoms with Crippen LogP contribution in [0, 0.1) is 0 Å². The van der Waals surface area contributed by atoms with Crippen LogP contribution >= 0.6 is 0 Å². The number of hydrogen-bond donors (Lipinski definition) is 0. The number of nitrogens with zero attached hydrogens (tertiary/aromatic N) is 1. The highest BCUT2D eigenvalue weighted by Gasteiger charge is 2.18. The van der Waals surface area contributed by atoms with Gasteiger partial charge in [0.05, 0.1) is 16.1 Å². The second kappa shape index (κ2) is 10.7. The summed E-state index contributed by atoms with van der Waals surface area (Å²) in [6.45, 7) is 7.38. The zero-order valence-electron chi connectivity index (χ0n) is 18.3. The lowest BCUT2D eigenvalue weighted by atomic mass is 10.2. The molecule has 3 aromatic rings. The van der Waals surface area contributed by atoms with Gasteiger partial charge in [0.25, 0.3) is 0 Å². The Bertz CT molecular complexity index is 1220. The molecule has 3 aromatic carbocycles. The van der Waals surface area contributed by atoms with E-state index < -0.39 is 15.8 Å². The van der Waals surface area contributed by atoms with Gasteiger partial charge in [-0.05, 0) is 59.7 Å². The summed E-state index contributed by atoms with van der Waals surface area (Å²) in [5, 5.41) is 0. The second-order valence-corrected chi connectivity index (χ2v) is 9.11. The van der Waals surface area contributed by atoms with E-state index in [1.807, 2.05) is 36.2 Å². The smallest absolute Gasteiger partial charge is 0.330 e. The van der Waals surface area contributed by atoms with Crippen molar-refractivity contribution in [3.63, 3.8) is 0 Å². The Morgan fingerprint density at radius 3 is 1.79 bits per heavy atom. The first kappa shape index (κ1) is 23.8. The Morgan fingerprint density at radius 1 is 0.818 bits per heavy atom. The quantitative estimate of drug-likeness (QED) is 0.234. The summed E-state index contributed by atoms with van der Waals surface area (Å²) in [6, 6.07) is 20.8. The van der Waals surface area contributed by atoms with Crippen LogP contribution in [0.3, 0.4) is 0 Å². The number of hydrogen-bond acceptors (Lipinski definition) is 6. The van der Waals surface area contributed by atoms with Crippen LogP contribution in [0.15, 0.2) is 108 Å². The van der Waals surface area contributed by atoms with Gasteiger partial charge in [-0.25, -0.2) is 13.2 Å². The van der Waals surface area contributed by atoms with Crippen molar-refractivity contribution in [1.29, 1.82) is 0 Å².